The molecule has 0 radical (unpaired) electrons. The van der Waals surface area contributed by atoms with Crippen LogP contribution in [0.2, 0.25) is 0 Å². The summed E-state index contributed by atoms with van der Waals surface area (Å²) in [6.45, 7) is 5.72. The summed E-state index contributed by atoms with van der Waals surface area (Å²) in [7, 11) is -3.65. The minimum absolute atomic E-state index is 0.106. The largest absolute Gasteiger partial charge is 0.354 e. The van der Waals surface area contributed by atoms with Crippen LogP contribution < -0.4 is 4.90 Å². The molecule has 0 atom stereocenters. The molecule has 0 aliphatic carbocycles. The van der Waals surface area contributed by atoms with E-state index in [1.165, 1.54) is 22.8 Å². The van der Waals surface area contributed by atoms with Gasteiger partial charge in [-0.25, -0.2) is 17.8 Å². The van der Waals surface area contributed by atoms with Gasteiger partial charge in [-0.3, -0.25) is 0 Å². The van der Waals surface area contributed by atoms with Crippen LogP contribution in [0.1, 0.15) is 18.2 Å². The number of aryl methyl sites for hydroxylation is 1. The molecular weight excluding hydrogens is 383 g/mol. The third kappa shape index (κ3) is 3.12. The zero-order valence-corrected chi connectivity index (χ0v) is 16.5. The lowest BCUT2D eigenvalue weighted by atomic mass is 10.1. The molecule has 1 fully saturated rings. The molecule has 0 N–H and O–H groups in total. The van der Waals surface area contributed by atoms with Gasteiger partial charge in [-0.2, -0.15) is 18.9 Å². The van der Waals surface area contributed by atoms with Gasteiger partial charge in [0.1, 0.15) is 18.0 Å². The van der Waals surface area contributed by atoms with Crippen molar-refractivity contribution in [3.05, 3.63) is 47.7 Å². The second-order valence-electron chi connectivity index (χ2n) is 6.67. The fourth-order valence-corrected chi connectivity index (χ4v) is 5.03. The van der Waals surface area contributed by atoms with Crippen LogP contribution in [-0.2, 0) is 16.4 Å². The van der Waals surface area contributed by atoms with Gasteiger partial charge in [0.15, 0.2) is 0 Å². The van der Waals surface area contributed by atoms with Crippen LogP contribution in [0.5, 0.6) is 0 Å². The van der Waals surface area contributed by atoms with E-state index in [-0.39, 0.29) is 4.90 Å². The molecule has 3 heterocycles. The summed E-state index contributed by atoms with van der Waals surface area (Å²) in [5.74, 6) is 0.994. The maximum atomic E-state index is 13.1. The quantitative estimate of drug-likeness (QED) is 0.657. The summed E-state index contributed by atoms with van der Waals surface area (Å²) < 4.78 is 42.0. The van der Waals surface area contributed by atoms with Crippen LogP contribution in [-0.4, -0.2) is 58.5 Å². The molecule has 28 heavy (non-hydrogen) atoms. The number of nitrogens with zero attached hydrogens (tertiary/aromatic N) is 6. The highest BCUT2D eigenvalue weighted by Crippen LogP contribution is 2.26. The van der Waals surface area contributed by atoms with Crippen molar-refractivity contribution in [2.24, 2.45) is 0 Å². The Balaban J connectivity index is 1.61. The SMILES string of the molecule is CCc1c(C)nc2ncnn2c1N1CCN(S(=O)(=O)c2ccc(F)cc2)CC1. The van der Waals surface area contributed by atoms with E-state index in [9.17, 15) is 12.8 Å². The number of benzene rings is 1. The Morgan fingerprint density at radius 2 is 1.79 bits per heavy atom. The second-order valence-corrected chi connectivity index (χ2v) is 8.61. The van der Waals surface area contributed by atoms with Crippen LogP contribution in [0, 0.1) is 12.7 Å². The molecule has 0 amide bonds. The van der Waals surface area contributed by atoms with Crippen LogP contribution in [0.15, 0.2) is 35.5 Å². The predicted molar refractivity (Wildman–Crippen MR) is 102 cm³/mol. The number of fused-ring (bicyclic) bond motifs is 1. The van der Waals surface area contributed by atoms with Crippen molar-refractivity contribution in [2.75, 3.05) is 31.1 Å². The molecule has 3 aromatic rings. The number of hydrogen-bond acceptors (Lipinski definition) is 6. The van der Waals surface area contributed by atoms with Gasteiger partial charge in [0, 0.05) is 37.4 Å². The molecule has 0 spiro atoms. The minimum Gasteiger partial charge on any atom is -0.354 e. The fraction of sp³-hybridized carbons (Fsp3) is 0.389. The summed E-state index contributed by atoms with van der Waals surface area (Å²) in [6, 6.07) is 4.94. The van der Waals surface area contributed by atoms with E-state index in [2.05, 4.69) is 26.9 Å². The number of anilines is 1. The molecule has 8 nitrogen and oxygen atoms in total. The van der Waals surface area contributed by atoms with Gasteiger partial charge in [-0.15, -0.1) is 0 Å². The third-order valence-electron chi connectivity index (χ3n) is 5.05. The molecule has 4 rings (SSSR count). The third-order valence-corrected chi connectivity index (χ3v) is 6.96. The Morgan fingerprint density at radius 3 is 2.43 bits per heavy atom. The lowest BCUT2D eigenvalue weighted by Crippen LogP contribution is -2.49. The molecule has 0 bridgehead atoms. The van der Waals surface area contributed by atoms with Crippen molar-refractivity contribution < 1.29 is 12.8 Å². The molecule has 10 heteroatoms. The molecular formula is C18H21FN6O2S. The van der Waals surface area contributed by atoms with Crippen LogP contribution in [0.3, 0.4) is 0 Å². The first-order valence-electron chi connectivity index (χ1n) is 9.11. The summed E-state index contributed by atoms with van der Waals surface area (Å²) >= 11 is 0. The minimum atomic E-state index is -3.65. The number of piperazine rings is 1. The van der Waals surface area contributed by atoms with E-state index in [1.807, 2.05) is 6.92 Å². The van der Waals surface area contributed by atoms with Gasteiger partial charge >= 0.3 is 0 Å². The second kappa shape index (κ2) is 7.10. The summed E-state index contributed by atoms with van der Waals surface area (Å²) in [5, 5.41) is 4.30. The number of aromatic nitrogens is 4. The van der Waals surface area contributed by atoms with Crippen LogP contribution >= 0.6 is 0 Å². The molecule has 0 saturated carbocycles. The highest BCUT2D eigenvalue weighted by Gasteiger charge is 2.30. The molecule has 1 aliphatic rings. The van der Waals surface area contributed by atoms with Crippen molar-refractivity contribution in [2.45, 2.75) is 25.2 Å². The van der Waals surface area contributed by atoms with Gasteiger partial charge in [-0.05, 0) is 37.6 Å². The Hall–Kier alpha value is -2.59. The highest BCUT2D eigenvalue weighted by molar-refractivity contribution is 7.89. The van der Waals surface area contributed by atoms with Crippen molar-refractivity contribution in [1.82, 2.24) is 23.9 Å². The first-order chi connectivity index (χ1) is 13.4. The van der Waals surface area contributed by atoms with Crippen molar-refractivity contribution in [3.8, 4) is 0 Å². The van der Waals surface area contributed by atoms with E-state index in [4.69, 9.17) is 0 Å². The summed E-state index contributed by atoms with van der Waals surface area (Å²) in [4.78, 5) is 10.9. The molecule has 0 unspecified atom stereocenters. The Kier molecular flexibility index (Phi) is 4.76. The monoisotopic (exact) mass is 404 g/mol. The number of rotatable bonds is 4. The van der Waals surface area contributed by atoms with Gasteiger partial charge in [0.05, 0.1) is 4.90 Å². The topological polar surface area (TPSA) is 83.7 Å². The number of hydrogen-bond donors (Lipinski definition) is 0. The van der Waals surface area contributed by atoms with Crippen molar-refractivity contribution in [1.29, 1.82) is 0 Å². The summed E-state index contributed by atoms with van der Waals surface area (Å²) in [6.07, 6.45) is 2.26. The van der Waals surface area contributed by atoms with E-state index >= 15 is 0 Å². The maximum absolute atomic E-state index is 13.1. The van der Waals surface area contributed by atoms with Gasteiger partial charge in [0.2, 0.25) is 10.0 Å². The van der Waals surface area contributed by atoms with Crippen molar-refractivity contribution >= 4 is 21.6 Å². The van der Waals surface area contributed by atoms with Gasteiger partial charge in [0.25, 0.3) is 5.78 Å². The Labute approximate surface area is 162 Å². The van der Waals surface area contributed by atoms with Gasteiger partial charge < -0.3 is 4.90 Å². The lowest BCUT2D eigenvalue weighted by Gasteiger charge is -2.36. The van der Waals surface area contributed by atoms with E-state index in [0.29, 0.717) is 32.0 Å². The van der Waals surface area contributed by atoms with E-state index < -0.39 is 15.8 Å². The maximum Gasteiger partial charge on any atom is 0.254 e. The zero-order chi connectivity index (χ0) is 19.9. The normalized spacial score (nSPS) is 16.0. The molecule has 1 saturated heterocycles. The average Bonchev–Trinajstić information content (AvgIpc) is 3.15. The van der Waals surface area contributed by atoms with Crippen LogP contribution in [0.25, 0.3) is 5.78 Å². The van der Waals surface area contributed by atoms with E-state index in [1.54, 1.807) is 4.52 Å². The van der Waals surface area contributed by atoms with Crippen LogP contribution in [0.4, 0.5) is 10.2 Å². The number of sulfonamides is 1. The average molecular weight is 404 g/mol. The van der Waals surface area contributed by atoms with E-state index in [0.717, 1.165) is 35.6 Å². The lowest BCUT2D eigenvalue weighted by molar-refractivity contribution is 0.382. The first kappa shape index (κ1) is 18.8. The molecule has 1 aliphatic heterocycles. The first-order valence-corrected chi connectivity index (χ1v) is 10.6. The number of halogens is 1. The predicted octanol–water partition coefficient (Wildman–Crippen LogP) is 1.65. The smallest absolute Gasteiger partial charge is 0.254 e. The van der Waals surface area contributed by atoms with Gasteiger partial charge in [-0.1, -0.05) is 6.92 Å². The Morgan fingerprint density at radius 1 is 1.11 bits per heavy atom. The molecule has 148 valence electrons. The summed E-state index contributed by atoms with van der Waals surface area (Å²) in [5.41, 5.74) is 1.98. The standard InChI is InChI=1S/C18H21FN6O2S/c1-3-16-13(2)22-18-20-12-21-25(18)17(16)23-8-10-24(11-9-23)28(26,27)15-6-4-14(19)5-7-15/h4-7,12H,3,8-11H2,1-2H3. The molecule has 2 aromatic heterocycles. The van der Waals surface area contributed by atoms with Crippen molar-refractivity contribution in [3.63, 3.8) is 0 Å². The molecule has 1 aromatic carbocycles. The zero-order valence-electron chi connectivity index (χ0n) is 15.7. The Bertz CT molecular complexity index is 1110. The highest BCUT2D eigenvalue weighted by atomic mass is 32.2. The fourth-order valence-electron chi connectivity index (χ4n) is 3.60.